The second kappa shape index (κ2) is 3.18. The summed E-state index contributed by atoms with van der Waals surface area (Å²) in [5.41, 5.74) is 4.69. The van der Waals surface area contributed by atoms with Gasteiger partial charge >= 0.3 is 0 Å². The fraction of sp³-hybridized carbons (Fsp3) is 0.0909. The topological polar surface area (TPSA) is 68.8 Å². The quantitative estimate of drug-likeness (QED) is 0.473. The Morgan fingerprint density at radius 3 is 2.88 bits per heavy atom. The van der Waals surface area contributed by atoms with Crippen molar-refractivity contribution in [1.29, 1.82) is 0 Å². The van der Waals surface area contributed by atoms with Crippen LogP contribution in [0.4, 0.5) is 5.82 Å². The lowest BCUT2D eigenvalue weighted by Crippen LogP contribution is -2.10. The number of rotatable bonds is 1. The first-order valence-electron chi connectivity index (χ1n) is 4.98. The van der Waals surface area contributed by atoms with E-state index in [4.69, 9.17) is 5.84 Å². The van der Waals surface area contributed by atoms with E-state index in [2.05, 4.69) is 32.3 Å². The number of nitrogens with two attached hydrogens (primary N) is 1. The number of para-hydroxylation sites is 1. The normalized spacial score (nSPS) is 11.1. The molecule has 80 valence electrons. The summed E-state index contributed by atoms with van der Waals surface area (Å²) < 4.78 is 2.06. The highest BCUT2D eigenvalue weighted by Crippen LogP contribution is 2.29. The molecule has 0 unspecified atom stereocenters. The van der Waals surface area contributed by atoms with E-state index in [0.29, 0.717) is 5.82 Å². The van der Waals surface area contributed by atoms with Crippen LogP contribution in [0.1, 0.15) is 0 Å². The first-order chi connectivity index (χ1) is 7.83. The summed E-state index contributed by atoms with van der Waals surface area (Å²) in [7, 11) is 1.99. The van der Waals surface area contributed by atoms with Crippen LogP contribution in [0, 0.1) is 0 Å². The number of nitrogens with zero attached hydrogens (tertiary/aromatic N) is 3. The number of benzene rings is 1. The van der Waals surface area contributed by atoms with Crippen LogP contribution in [0.5, 0.6) is 0 Å². The number of hydrazine groups is 1. The summed E-state index contributed by atoms with van der Waals surface area (Å²) in [6, 6.07) is 8.16. The maximum atomic E-state index is 5.44. The van der Waals surface area contributed by atoms with Gasteiger partial charge in [-0.3, -0.25) is 0 Å². The Labute approximate surface area is 91.8 Å². The van der Waals surface area contributed by atoms with Gasteiger partial charge in [0.05, 0.1) is 11.7 Å². The van der Waals surface area contributed by atoms with Crippen molar-refractivity contribution in [3.63, 3.8) is 0 Å². The van der Waals surface area contributed by atoms with E-state index in [-0.39, 0.29) is 0 Å². The molecule has 3 aromatic rings. The average molecular weight is 213 g/mol. The minimum Gasteiger partial charge on any atom is -0.340 e. The van der Waals surface area contributed by atoms with E-state index in [1.165, 1.54) is 0 Å². The zero-order chi connectivity index (χ0) is 11.1. The van der Waals surface area contributed by atoms with Crippen LogP contribution in [-0.4, -0.2) is 14.8 Å². The molecule has 3 rings (SSSR count). The number of nitrogen functional groups attached to an aromatic ring is 1. The van der Waals surface area contributed by atoms with Gasteiger partial charge in [0.15, 0.2) is 5.82 Å². The minimum absolute atomic E-state index is 0.594. The van der Waals surface area contributed by atoms with Crippen molar-refractivity contribution in [1.82, 2.24) is 14.8 Å². The molecule has 0 atom stereocenters. The number of fused-ring (bicyclic) bond motifs is 3. The minimum atomic E-state index is 0.594. The van der Waals surface area contributed by atoms with Crippen molar-refractivity contribution < 1.29 is 0 Å². The Morgan fingerprint density at radius 2 is 2.06 bits per heavy atom. The molecule has 3 N–H and O–H groups in total. The predicted octanol–water partition coefficient (Wildman–Crippen LogP) is 1.41. The summed E-state index contributed by atoms with van der Waals surface area (Å²) in [5, 5.41) is 10.1. The SMILES string of the molecule is Cn1c2ccccc2c2cnnc(NN)c21. The second-order valence-electron chi connectivity index (χ2n) is 3.68. The highest BCUT2D eigenvalue weighted by Gasteiger charge is 2.11. The van der Waals surface area contributed by atoms with Gasteiger partial charge in [-0.15, -0.1) is 5.10 Å². The van der Waals surface area contributed by atoms with Crippen molar-refractivity contribution in [3.8, 4) is 0 Å². The number of hydrogen-bond donors (Lipinski definition) is 2. The van der Waals surface area contributed by atoms with Crippen LogP contribution < -0.4 is 11.3 Å². The predicted molar refractivity (Wildman–Crippen MR) is 63.8 cm³/mol. The number of nitrogens with one attached hydrogen (secondary N) is 1. The average Bonchev–Trinajstić information content (AvgIpc) is 2.64. The highest BCUT2D eigenvalue weighted by atomic mass is 15.3. The van der Waals surface area contributed by atoms with Crippen LogP contribution in [0.2, 0.25) is 0 Å². The lowest BCUT2D eigenvalue weighted by molar-refractivity contribution is 0.980. The third kappa shape index (κ3) is 1.03. The molecule has 0 radical (unpaired) electrons. The van der Waals surface area contributed by atoms with Gasteiger partial charge in [0.25, 0.3) is 0 Å². The van der Waals surface area contributed by atoms with Crippen molar-refractivity contribution in [2.45, 2.75) is 0 Å². The van der Waals surface area contributed by atoms with Gasteiger partial charge in [0, 0.05) is 23.3 Å². The van der Waals surface area contributed by atoms with Crippen molar-refractivity contribution in [3.05, 3.63) is 30.5 Å². The summed E-state index contributed by atoms with van der Waals surface area (Å²) in [6.07, 6.45) is 1.76. The Balaban J connectivity index is 2.61. The van der Waals surface area contributed by atoms with Crippen molar-refractivity contribution in [2.24, 2.45) is 12.9 Å². The monoisotopic (exact) mass is 213 g/mol. The molecule has 0 bridgehead atoms. The smallest absolute Gasteiger partial charge is 0.187 e. The zero-order valence-electron chi connectivity index (χ0n) is 8.81. The fourth-order valence-corrected chi connectivity index (χ4v) is 2.13. The van der Waals surface area contributed by atoms with E-state index in [9.17, 15) is 0 Å². The molecule has 0 spiro atoms. The number of hydrogen-bond acceptors (Lipinski definition) is 4. The van der Waals surface area contributed by atoms with E-state index < -0.39 is 0 Å². The molecule has 0 aliphatic carbocycles. The summed E-state index contributed by atoms with van der Waals surface area (Å²) in [4.78, 5) is 0. The molecular weight excluding hydrogens is 202 g/mol. The Hall–Kier alpha value is -2.14. The fourth-order valence-electron chi connectivity index (χ4n) is 2.13. The highest BCUT2D eigenvalue weighted by molar-refractivity contribution is 6.10. The molecule has 0 aliphatic rings. The molecule has 0 saturated heterocycles. The van der Waals surface area contributed by atoms with Crippen molar-refractivity contribution in [2.75, 3.05) is 5.43 Å². The molecule has 5 nitrogen and oxygen atoms in total. The third-order valence-electron chi connectivity index (χ3n) is 2.85. The van der Waals surface area contributed by atoms with Gasteiger partial charge in [0.1, 0.15) is 0 Å². The van der Waals surface area contributed by atoms with E-state index in [0.717, 1.165) is 21.8 Å². The van der Waals surface area contributed by atoms with E-state index in [1.807, 2.05) is 19.2 Å². The van der Waals surface area contributed by atoms with Gasteiger partial charge in [0.2, 0.25) is 0 Å². The third-order valence-corrected chi connectivity index (χ3v) is 2.85. The standard InChI is InChI=1S/C11H11N5/c1-16-9-5-3-2-4-7(9)8-6-13-15-11(14-12)10(8)16/h2-6H,12H2,1H3,(H,14,15). The van der Waals surface area contributed by atoms with Gasteiger partial charge in [-0.2, -0.15) is 5.10 Å². The molecule has 0 saturated carbocycles. The molecule has 0 fully saturated rings. The molecule has 2 heterocycles. The van der Waals surface area contributed by atoms with Gasteiger partial charge in [-0.1, -0.05) is 18.2 Å². The summed E-state index contributed by atoms with van der Waals surface area (Å²) in [5.74, 6) is 6.03. The first kappa shape index (κ1) is 9.11. The molecule has 0 amide bonds. The Bertz CT molecular complexity index is 670. The first-order valence-corrected chi connectivity index (χ1v) is 4.98. The zero-order valence-corrected chi connectivity index (χ0v) is 8.81. The van der Waals surface area contributed by atoms with Crippen LogP contribution in [0.15, 0.2) is 30.5 Å². The van der Waals surface area contributed by atoms with Crippen LogP contribution in [-0.2, 0) is 7.05 Å². The van der Waals surface area contributed by atoms with Gasteiger partial charge in [-0.05, 0) is 6.07 Å². The molecule has 2 aromatic heterocycles. The van der Waals surface area contributed by atoms with Crippen LogP contribution in [0.25, 0.3) is 21.8 Å². The van der Waals surface area contributed by atoms with E-state index >= 15 is 0 Å². The van der Waals surface area contributed by atoms with Crippen LogP contribution in [0.3, 0.4) is 0 Å². The summed E-state index contributed by atoms with van der Waals surface area (Å²) >= 11 is 0. The maximum absolute atomic E-state index is 5.44. The maximum Gasteiger partial charge on any atom is 0.187 e. The lowest BCUT2D eigenvalue weighted by Gasteiger charge is -2.02. The van der Waals surface area contributed by atoms with E-state index in [1.54, 1.807) is 6.20 Å². The van der Waals surface area contributed by atoms with Crippen molar-refractivity contribution >= 4 is 27.6 Å². The molecule has 5 heteroatoms. The Kier molecular flexibility index (Phi) is 1.81. The second-order valence-corrected chi connectivity index (χ2v) is 3.68. The van der Waals surface area contributed by atoms with Crippen LogP contribution >= 0.6 is 0 Å². The number of aromatic nitrogens is 3. The molecule has 16 heavy (non-hydrogen) atoms. The number of aryl methyl sites for hydroxylation is 1. The molecule has 0 aliphatic heterocycles. The van der Waals surface area contributed by atoms with Gasteiger partial charge in [-0.25, -0.2) is 5.84 Å². The molecular formula is C11H11N5. The lowest BCUT2D eigenvalue weighted by atomic mass is 10.2. The largest absolute Gasteiger partial charge is 0.340 e. The number of anilines is 1. The Morgan fingerprint density at radius 1 is 1.25 bits per heavy atom. The summed E-state index contributed by atoms with van der Waals surface area (Å²) in [6.45, 7) is 0. The molecule has 1 aromatic carbocycles. The van der Waals surface area contributed by atoms with Gasteiger partial charge < -0.3 is 9.99 Å².